The van der Waals surface area contributed by atoms with Crippen molar-refractivity contribution < 1.29 is 26.4 Å². The minimum absolute atomic E-state index is 0.0758. The van der Waals surface area contributed by atoms with Crippen LogP contribution in [0.5, 0.6) is 0 Å². The molecule has 22 heavy (non-hydrogen) atoms. The molecule has 0 radical (unpaired) electrons. The van der Waals surface area contributed by atoms with Gasteiger partial charge in [-0.3, -0.25) is 9.48 Å². The zero-order valence-corrected chi connectivity index (χ0v) is 13.3. The van der Waals surface area contributed by atoms with Crippen molar-refractivity contribution in [2.24, 2.45) is 12.8 Å². The molecule has 0 aliphatic heterocycles. The predicted molar refractivity (Wildman–Crippen MR) is 71.3 cm³/mol. The second kappa shape index (κ2) is 5.88. The predicted octanol–water partition coefficient (Wildman–Crippen LogP) is 0.464. The Hall–Kier alpha value is -1.62. The van der Waals surface area contributed by atoms with E-state index in [2.05, 4.69) is 5.10 Å². The lowest BCUT2D eigenvalue weighted by molar-refractivity contribution is -0.172. The molecule has 126 valence electrons. The number of carbonyl (C=O) groups is 1. The smallest absolute Gasteiger partial charge is 0.370 e. The standard InChI is InChI=1S/C11H17F3N4O3S/c1-6-10(7(2)17(3)16-6)22(20,21)18(4)8(5-9(15)19)11(12,13)14/h8H,5H2,1-4H3,(H2,15,19). The van der Waals surface area contributed by atoms with Crippen molar-refractivity contribution in [2.45, 2.75) is 37.4 Å². The maximum absolute atomic E-state index is 13.0. The number of amides is 1. The van der Waals surface area contributed by atoms with Crippen molar-refractivity contribution in [3.8, 4) is 0 Å². The zero-order valence-electron chi connectivity index (χ0n) is 12.5. The molecule has 0 bridgehead atoms. The quantitative estimate of drug-likeness (QED) is 0.840. The van der Waals surface area contributed by atoms with Crippen LogP contribution in [0.1, 0.15) is 17.8 Å². The molecule has 2 N–H and O–H groups in total. The summed E-state index contributed by atoms with van der Waals surface area (Å²) in [4.78, 5) is 10.5. The van der Waals surface area contributed by atoms with Crippen LogP contribution < -0.4 is 5.73 Å². The van der Waals surface area contributed by atoms with Gasteiger partial charge >= 0.3 is 6.18 Å². The summed E-state index contributed by atoms with van der Waals surface area (Å²) >= 11 is 0. The van der Waals surface area contributed by atoms with E-state index in [9.17, 15) is 26.4 Å². The molecule has 1 amide bonds. The molecule has 1 unspecified atom stereocenters. The third-order valence-corrected chi connectivity index (χ3v) is 5.41. The number of aromatic nitrogens is 2. The minimum atomic E-state index is -4.93. The van der Waals surface area contributed by atoms with Gasteiger partial charge in [0.25, 0.3) is 0 Å². The molecule has 7 nitrogen and oxygen atoms in total. The van der Waals surface area contributed by atoms with E-state index in [0.717, 1.165) is 7.05 Å². The Labute approximate surface area is 125 Å². The normalized spacial score (nSPS) is 14.4. The van der Waals surface area contributed by atoms with E-state index < -0.39 is 34.6 Å². The number of carbonyl (C=O) groups excluding carboxylic acids is 1. The van der Waals surface area contributed by atoms with Crippen LogP contribution >= 0.6 is 0 Å². The molecule has 1 aromatic rings. The van der Waals surface area contributed by atoms with E-state index in [1.165, 1.54) is 25.6 Å². The highest BCUT2D eigenvalue weighted by Gasteiger charge is 2.48. The molecule has 1 rings (SSSR count). The number of halogens is 3. The SMILES string of the molecule is Cc1nn(C)c(C)c1S(=O)(=O)N(C)C(CC(N)=O)C(F)(F)F. The van der Waals surface area contributed by atoms with Gasteiger partial charge in [-0.25, -0.2) is 8.42 Å². The molecule has 0 saturated carbocycles. The van der Waals surface area contributed by atoms with Crippen molar-refractivity contribution in [3.05, 3.63) is 11.4 Å². The molecule has 0 aliphatic rings. The number of nitrogens with zero attached hydrogens (tertiary/aromatic N) is 3. The van der Waals surface area contributed by atoms with Crippen molar-refractivity contribution in [2.75, 3.05) is 7.05 Å². The van der Waals surface area contributed by atoms with Gasteiger partial charge in [-0.15, -0.1) is 0 Å². The van der Waals surface area contributed by atoms with Crippen LogP contribution in [-0.4, -0.2) is 47.7 Å². The highest BCUT2D eigenvalue weighted by molar-refractivity contribution is 7.89. The van der Waals surface area contributed by atoms with Gasteiger partial charge in [0.05, 0.1) is 17.8 Å². The summed E-state index contributed by atoms with van der Waals surface area (Å²) in [6.07, 6.45) is -6.08. The van der Waals surface area contributed by atoms with Gasteiger partial charge in [0.1, 0.15) is 10.9 Å². The van der Waals surface area contributed by atoms with Crippen molar-refractivity contribution in [3.63, 3.8) is 0 Å². The van der Waals surface area contributed by atoms with E-state index in [4.69, 9.17) is 5.73 Å². The monoisotopic (exact) mass is 342 g/mol. The average molecular weight is 342 g/mol. The van der Waals surface area contributed by atoms with Gasteiger partial charge in [0, 0.05) is 14.1 Å². The molecule has 0 fully saturated rings. The van der Waals surface area contributed by atoms with Gasteiger partial charge in [-0.1, -0.05) is 0 Å². The van der Waals surface area contributed by atoms with E-state index in [0.29, 0.717) is 0 Å². The number of rotatable bonds is 5. The van der Waals surface area contributed by atoms with Crippen molar-refractivity contribution in [1.82, 2.24) is 14.1 Å². The fraction of sp³-hybridized carbons (Fsp3) is 0.636. The Balaban J connectivity index is 3.39. The highest BCUT2D eigenvalue weighted by atomic mass is 32.2. The molecule has 0 saturated heterocycles. The second-order valence-corrected chi connectivity index (χ2v) is 6.81. The summed E-state index contributed by atoms with van der Waals surface area (Å²) in [7, 11) is -2.24. The molecule has 1 atom stereocenters. The topological polar surface area (TPSA) is 98.3 Å². The number of primary amides is 1. The Morgan fingerprint density at radius 1 is 1.41 bits per heavy atom. The van der Waals surface area contributed by atoms with Crippen molar-refractivity contribution in [1.29, 1.82) is 0 Å². The largest absolute Gasteiger partial charge is 0.405 e. The average Bonchev–Trinajstić information content (AvgIpc) is 2.58. The minimum Gasteiger partial charge on any atom is -0.370 e. The van der Waals surface area contributed by atoms with Crippen LogP contribution in [0.15, 0.2) is 4.90 Å². The number of hydrogen-bond donors (Lipinski definition) is 1. The van der Waals surface area contributed by atoms with E-state index in [1.54, 1.807) is 0 Å². The molecule has 1 aromatic heterocycles. The van der Waals surface area contributed by atoms with Crippen LogP contribution in [0.25, 0.3) is 0 Å². The summed E-state index contributed by atoms with van der Waals surface area (Å²) in [6.45, 7) is 2.81. The number of nitrogens with two attached hydrogens (primary N) is 1. The van der Waals surface area contributed by atoms with E-state index in [-0.39, 0.29) is 20.6 Å². The molecule has 0 aliphatic carbocycles. The molecule has 11 heteroatoms. The fourth-order valence-corrected chi connectivity index (χ4v) is 3.82. The van der Waals surface area contributed by atoms with Crippen LogP contribution in [0, 0.1) is 13.8 Å². The Morgan fingerprint density at radius 2 is 1.91 bits per heavy atom. The lowest BCUT2D eigenvalue weighted by Gasteiger charge is -2.28. The summed E-state index contributed by atoms with van der Waals surface area (Å²) in [5.74, 6) is -1.25. The maximum atomic E-state index is 13.0. The van der Waals surface area contributed by atoms with Crippen molar-refractivity contribution >= 4 is 15.9 Å². The third-order valence-electron chi connectivity index (χ3n) is 3.29. The zero-order chi connectivity index (χ0) is 17.5. The summed E-state index contributed by atoms with van der Waals surface area (Å²) in [6, 6.07) is -2.53. The van der Waals surface area contributed by atoms with Crippen LogP contribution in [0.2, 0.25) is 0 Å². The Kier molecular flexibility index (Phi) is 4.92. The molecular weight excluding hydrogens is 325 g/mol. The van der Waals surface area contributed by atoms with Crippen LogP contribution in [0.4, 0.5) is 13.2 Å². The first kappa shape index (κ1) is 18.4. The highest BCUT2D eigenvalue weighted by Crippen LogP contribution is 2.31. The lowest BCUT2D eigenvalue weighted by Crippen LogP contribution is -2.48. The molecule has 0 aromatic carbocycles. The molecule has 0 spiro atoms. The third kappa shape index (κ3) is 3.40. The first-order valence-electron chi connectivity index (χ1n) is 6.13. The summed E-state index contributed by atoms with van der Waals surface area (Å²) < 4.78 is 65.5. The van der Waals surface area contributed by atoms with Crippen LogP contribution in [0.3, 0.4) is 0 Å². The van der Waals surface area contributed by atoms with Crippen LogP contribution in [-0.2, 0) is 21.9 Å². The first-order chi connectivity index (χ1) is 9.80. The maximum Gasteiger partial charge on any atom is 0.405 e. The van der Waals surface area contributed by atoms with Gasteiger partial charge in [0.15, 0.2) is 0 Å². The Bertz CT molecular complexity index is 681. The number of alkyl halides is 3. The first-order valence-corrected chi connectivity index (χ1v) is 7.57. The van der Waals surface area contributed by atoms with E-state index >= 15 is 0 Å². The fourth-order valence-electron chi connectivity index (χ4n) is 2.08. The molecule has 1 heterocycles. The summed E-state index contributed by atoms with van der Waals surface area (Å²) in [5.41, 5.74) is 5.07. The number of aryl methyl sites for hydroxylation is 2. The van der Waals surface area contributed by atoms with Gasteiger partial charge in [-0.05, 0) is 13.8 Å². The molecular formula is C11H17F3N4O3S. The van der Waals surface area contributed by atoms with Gasteiger partial charge in [0.2, 0.25) is 15.9 Å². The lowest BCUT2D eigenvalue weighted by atomic mass is 10.2. The summed E-state index contributed by atoms with van der Waals surface area (Å²) in [5, 5.41) is 3.88. The Morgan fingerprint density at radius 3 is 2.23 bits per heavy atom. The van der Waals surface area contributed by atoms with Gasteiger partial charge in [-0.2, -0.15) is 22.6 Å². The second-order valence-electron chi connectivity index (χ2n) is 4.87. The number of hydrogen-bond acceptors (Lipinski definition) is 4. The number of sulfonamides is 1. The van der Waals surface area contributed by atoms with E-state index in [1.807, 2.05) is 0 Å². The van der Waals surface area contributed by atoms with Gasteiger partial charge < -0.3 is 5.73 Å².